The number of halogens is 1. The van der Waals surface area contributed by atoms with Crippen LogP contribution < -0.4 is 5.32 Å². The number of rotatable bonds is 8. The highest BCUT2D eigenvalue weighted by Gasteiger charge is 2.47. The Morgan fingerprint density at radius 2 is 1.82 bits per heavy atom. The minimum atomic E-state index is -2.48. The molecule has 13 heteroatoms. The number of amides is 1. The third kappa shape index (κ3) is 8.31. The van der Waals surface area contributed by atoms with E-state index in [4.69, 9.17) is 18.9 Å². The Hall–Kier alpha value is -1.41. The Morgan fingerprint density at radius 1 is 1.18 bits per heavy atom. The first kappa shape index (κ1) is 24.6. The van der Waals surface area contributed by atoms with Gasteiger partial charge in [-0.05, 0) is 8.93 Å². The Labute approximate surface area is 165 Å². The van der Waals surface area contributed by atoms with E-state index in [1.807, 2.05) is 0 Å². The minimum absolute atomic E-state index is 0.240. The van der Waals surface area contributed by atoms with Crippen LogP contribution in [0.25, 0.3) is 0 Å². The zero-order valence-electron chi connectivity index (χ0n) is 15.9. The van der Waals surface area contributed by atoms with E-state index in [0.717, 1.165) is 0 Å². The van der Waals surface area contributed by atoms with Crippen LogP contribution in [0.2, 0.25) is 0 Å². The first-order valence-corrected chi connectivity index (χ1v) is 11.0. The van der Waals surface area contributed by atoms with Gasteiger partial charge in [0.25, 0.3) is 8.15 Å². The maximum absolute atomic E-state index is 12.8. The van der Waals surface area contributed by atoms with Gasteiger partial charge in [0.2, 0.25) is 5.91 Å². The highest BCUT2D eigenvalue weighted by molar-refractivity contribution is 8.08. The second-order valence-corrected chi connectivity index (χ2v) is 8.00. The second kappa shape index (κ2) is 11.6. The molecule has 0 saturated carbocycles. The van der Waals surface area contributed by atoms with Gasteiger partial charge in [-0.25, -0.2) is 4.79 Å². The molecule has 7 atom stereocenters. The average Bonchev–Trinajstić information content (AvgIpc) is 2.55. The highest BCUT2D eigenvalue weighted by Crippen LogP contribution is 2.47. The quantitative estimate of drug-likeness (QED) is 0.431. The molecule has 1 fully saturated rings. The first-order chi connectivity index (χ1) is 13.0. The van der Waals surface area contributed by atoms with Crippen molar-refractivity contribution in [2.45, 2.75) is 52.2 Å². The predicted octanol–water partition coefficient (Wildman–Crippen LogP) is 0.978. The zero-order valence-corrected chi connectivity index (χ0v) is 17.9. The normalized spacial score (nSPS) is 28.0. The number of nitrogens with one attached hydrogen (secondary N) is 1. The molecule has 1 heterocycles. The van der Waals surface area contributed by atoms with Crippen LogP contribution in [0.15, 0.2) is 0 Å². The van der Waals surface area contributed by atoms with Crippen LogP contribution in [-0.2, 0) is 42.6 Å². The van der Waals surface area contributed by atoms with Gasteiger partial charge >= 0.3 is 17.9 Å². The van der Waals surface area contributed by atoms with Gasteiger partial charge in [-0.1, -0.05) is 6.92 Å². The molecule has 0 aliphatic carbocycles. The molecule has 1 aliphatic rings. The molecule has 7 unspecified atom stereocenters. The fourth-order valence-electron chi connectivity index (χ4n) is 2.68. The molecule has 0 spiro atoms. The summed E-state index contributed by atoms with van der Waals surface area (Å²) in [6.07, 6.45) is -2.92. The lowest BCUT2D eigenvalue weighted by Gasteiger charge is -2.44. The van der Waals surface area contributed by atoms with E-state index < -0.39 is 69.0 Å². The largest absolute Gasteiger partial charge is 0.463 e. The number of hydrogen-bond acceptors (Lipinski definition) is 9. The van der Waals surface area contributed by atoms with Crippen LogP contribution in [0, 0.1) is 5.92 Å². The van der Waals surface area contributed by atoms with Gasteiger partial charge in [-0.2, -0.15) is 4.20 Å². The SMILES string of the molecule is CC(=O)NC1C(OCC(=O)OP(F)P)OC(COC(C)=O)C(OC(C)=O)C1C. The van der Waals surface area contributed by atoms with Gasteiger partial charge < -0.3 is 28.8 Å². The standard InChI is InChI=1S/C15H24FNO9P2/c1-7-13(17-8(2)18)15(23-6-12(21)26-28(16)27)25-11(5-22-9(3)19)14(7)24-10(4)20/h7,11,13-15H,5-6,27H2,1-4H3,(H,17,18). The summed E-state index contributed by atoms with van der Waals surface area (Å²) < 4.78 is 38.4. The maximum atomic E-state index is 12.8. The molecule has 1 amide bonds. The summed E-state index contributed by atoms with van der Waals surface area (Å²) in [5.74, 6) is -3.05. The molecule has 0 aromatic carbocycles. The summed E-state index contributed by atoms with van der Waals surface area (Å²) >= 11 is 0. The fourth-order valence-corrected chi connectivity index (χ4v) is 3.28. The van der Waals surface area contributed by atoms with Crippen LogP contribution in [0.3, 0.4) is 0 Å². The summed E-state index contributed by atoms with van der Waals surface area (Å²) in [5.41, 5.74) is 0. The van der Waals surface area contributed by atoms with Crippen LogP contribution in [0.1, 0.15) is 27.7 Å². The number of carbonyl (C=O) groups is 4. The minimum Gasteiger partial charge on any atom is -0.463 e. The topological polar surface area (TPSA) is 126 Å². The van der Waals surface area contributed by atoms with Crippen LogP contribution in [0.4, 0.5) is 4.20 Å². The lowest BCUT2D eigenvalue weighted by Crippen LogP contribution is -2.62. The summed E-state index contributed by atoms with van der Waals surface area (Å²) in [7, 11) is -0.764. The number of carbonyl (C=O) groups excluding carboxylic acids is 4. The van der Waals surface area contributed by atoms with Crippen molar-refractivity contribution >= 4 is 40.9 Å². The smallest absolute Gasteiger partial charge is 0.337 e. The average molecular weight is 443 g/mol. The molecule has 1 aliphatic heterocycles. The van der Waals surface area contributed by atoms with E-state index in [0.29, 0.717) is 0 Å². The van der Waals surface area contributed by atoms with Gasteiger partial charge in [-0.15, -0.1) is 0 Å². The molecule has 160 valence electrons. The van der Waals surface area contributed by atoms with E-state index in [2.05, 4.69) is 9.84 Å². The molecule has 0 aromatic rings. The van der Waals surface area contributed by atoms with Gasteiger partial charge in [-0.3, -0.25) is 14.4 Å². The second-order valence-electron chi connectivity index (χ2n) is 6.05. The molecule has 0 bridgehead atoms. The first-order valence-electron chi connectivity index (χ1n) is 8.27. The number of esters is 2. The van der Waals surface area contributed by atoms with E-state index in [-0.39, 0.29) is 6.61 Å². The molecule has 0 radical (unpaired) electrons. The van der Waals surface area contributed by atoms with Crippen molar-refractivity contribution in [1.82, 2.24) is 5.32 Å². The van der Waals surface area contributed by atoms with Gasteiger partial charge in [0.1, 0.15) is 25.4 Å². The molecule has 28 heavy (non-hydrogen) atoms. The van der Waals surface area contributed by atoms with Gasteiger partial charge in [0, 0.05) is 26.7 Å². The molecular weight excluding hydrogens is 419 g/mol. The van der Waals surface area contributed by atoms with Crippen molar-refractivity contribution in [2.75, 3.05) is 13.2 Å². The van der Waals surface area contributed by atoms with Crippen LogP contribution in [0.5, 0.6) is 0 Å². The monoisotopic (exact) mass is 443 g/mol. The van der Waals surface area contributed by atoms with Crippen molar-refractivity contribution in [1.29, 1.82) is 0 Å². The van der Waals surface area contributed by atoms with Crippen molar-refractivity contribution in [3.8, 4) is 0 Å². The maximum Gasteiger partial charge on any atom is 0.337 e. The molecular formula is C15H24FNO9P2. The lowest BCUT2D eigenvalue weighted by atomic mass is 9.88. The lowest BCUT2D eigenvalue weighted by molar-refractivity contribution is -0.262. The van der Waals surface area contributed by atoms with Crippen molar-refractivity contribution in [3.05, 3.63) is 0 Å². The zero-order chi connectivity index (χ0) is 21.4. The molecule has 10 nitrogen and oxygen atoms in total. The van der Waals surface area contributed by atoms with Gasteiger partial charge in [0.15, 0.2) is 6.29 Å². The Bertz CT molecular complexity index is 590. The van der Waals surface area contributed by atoms with E-state index >= 15 is 0 Å². The van der Waals surface area contributed by atoms with Gasteiger partial charge in [0.05, 0.1) is 6.04 Å². The molecule has 0 aromatic heterocycles. The van der Waals surface area contributed by atoms with Crippen molar-refractivity contribution < 1.29 is 46.8 Å². The summed E-state index contributed by atoms with van der Waals surface area (Å²) in [6.45, 7) is 4.48. The number of hydrogen-bond donors (Lipinski definition) is 1. The van der Waals surface area contributed by atoms with Crippen molar-refractivity contribution in [2.24, 2.45) is 5.92 Å². The molecule has 1 N–H and O–H groups in total. The Kier molecular flexibility index (Phi) is 10.2. The molecule has 1 saturated heterocycles. The third-order valence-electron chi connectivity index (χ3n) is 3.73. The van der Waals surface area contributed by atoms with E-state index in [1.54, 1.807) is 15.9 Å². The van der Waals surface area contributed by atoms with E-state index in [1.165, 1.54) is 20.8 Å². The number of ether oxygens (including phenoxy) is 4. The third-order valence-corrected chi connectivity index (χ3v) is 4.42. The molecule has 1 rings (SSSR count). The fraction of sp³-hybridized carbons (Fsp3) is 0.733. The Morgan fingerprint density at radius 3 is 2.32 bits per heavy atom. The summed E-state index contributed by atoms with van der Waals surface area (Å²) in [5, 5.41) is 2.62. The summed E-state index contributed by atoms with van der Waals surface area (Å²) in [4.78, 5) is 45.7. The van der Waals surface area contributed by atoms with Crippen molar-refractivity contribution in [3.63, 3.8) is 0 Å². The van der Waals surface area contributed by atoms with Crippen LogP contribution >= 0.6 is 17.1 Å². The Balaban J connectivity index is 2.98. The summed E-state index contributed by atoms with van der Waals surface area (Å²) in [6, 6.07) is -0.800. The van der Waals surface area contributed by atoms with E-state index in [9.17, 15) is 23.4 Å². The van der Waals surface area contributed by atoms with Crippen LogP contribution in [-0.4, -0.2) is 61.6 Å². The highest BCUT2D eigenvalue weighted by atomic mass is 32.0. The predicted molar refractivity (Wildman–Crippen MR) is 97.4 cm³/mol.